The number of rotatable bonds is 5. The number of halogens is 4. The van der Waals surface area contributed by atoms with Crippen molar-refractivity contribution in [1.29, 1.82) is 0 Å². The molecule has 100 valence electrons. The van der Waals surface area contributed by atoms with E-state index in [1.807, 2.05) is 0 Å². The van der Waals surface area contributed by atoms with Gasteiger partial charge in [0.1, 0.15) is 5.02 Å². The molecular weight excluding hydrogens is 267 g/mol. The lowest BCUT2D eigenvalue weighted by Gasteiger charge is -2.21. The molecular formula is C12H13ClF3NO. The standard InChI is InChI=1S/C12H13ClF3NO/c1-7(2)10(14)12(15,16)6-18-11-9(13)4-8(3)5-17-11/h4-5,10H,1,6H2,2-3H3. The van der Waals surface area contributed by atoms with E-state index in [1.54, 1.807) is 6.92 Å². The van der Waals surface area contributed by atoms with Crippen molar-refractivity contribution in [3.05, 3.63) is 35.0 Å². The predicted octanol–water partition coefficient (Wildman–Crippen LogP) is 3.97. The molecule has 18 heavy (non-hydrogen) atoms. The quantitative estimate of drug-likeness (QED) is 0.761. The largest absolute Gasteiger partial charge is 0.470 e. The smallest absolute Gasteiger partial charge is 0.315 e. The van der Waals surface area contributed by atoms with Gasteiger partial charge in [-0.2, -0.15) is 8.78 Å². The van der Waals surface area contributed by atoms with Crippen LogP contribution in [0, 0.1) is 6.92 Å². The fourth-order valence-electron chi connectivity index (χ4n) is 1.23. The normalized spacial score (nSPS) is 13.2. The molecule has 0 fully saturated rings. The fraction of sp³-hybridized carbons (Fsp3) is 0.417. The van der Waals surface area contributed by atoms with Crippen LogP contribution in [0.4, 0.5) is 13.2 Å². The summed E-state index contributed by atoms with van der Waals surface area (Å²) in [4.78, 5) is 3.75. The number of nitrogens with zero attached hydrogens (tertiary/aromatic N) is 1. The number of allylic oxidation sites excluding steroid dienone is 1. The Hall–Kier alpha value is -1.23. The lowest BCUT2D eigenvalue weighted by molar-refractivity contribution is -0.0886. The maximum atomic E-state index is 13.3. The van der Waals surface area contributed by atoms with Crippen molar-refractivity contribution in [2.75, 3.05) is 6.61 Å². The van der Waals surface area contributed by atoms with E-state index in [2.05, 4.69) is 11.6 Å². The third-order valence-electron chi connectivity index (χ3n) is 2.15. The minimum Gasteiger partial charge on any atom is -0.470 e. The summed E-state index contributed by atoms with van der Waals surface area (Å²) >= 11 is 5.76. The van der Waals surface area contributed by atoms with Gasteiger partial charge < -0.3 is 4.74 Å². The maximum absolute atomic E-state index is 13.3. The second kappa shape index (κ2) is 5.61. The molecule has 6 heteroatoms. The minimum absolute atomic E-state index is 0.108. The average Bonchev–Trinajstić information content (AvgIpc) is 2.26. The molecule has 0 saturated carbocycles. The minimum atomic E-state index is -3.66. The lowest BCUT2D eigenvalue weighted by atomic mass is 10.1. The molecule has 1 heterocycles. The average molecular weight is 280 g/mol. The van der Waals surface area contributed by atoms with Gasteiger partial charge in [0, 0.05) is 6.20 Å². The monoisotopic (exact) mass is 279 g/mol. The van der Waals surface area contributed by atoms with Gasteiger partial charge in [0.15, 0.2) is 12.8 Å². The highest BCUT2D eigenvalue weighted by Crippen LogP contribution is 2.29. The van der Waals surface area contributed by atoms with Crippen molar-refractivity contribution in [3.63, 3.8) is 0 Å². The number of alkyl halides is 3. The molecule has 0 spiro atoms. The van der Waals surface area contributed by atoms with Gasteiger partial charge in [-0.1, -0.05) is 18.2 Å². The third-order valence-corrected chi connectivity index (χ3v) is 2.42. The lowest BCUT2D eigenvalue weighted by Crippen LogP contribution is -2.37. The number of hydrogen-bond acceptors (Lipinski definition) is 2. The summed E-state index contributed by atoms with van der Waals surface area (Å²) in [6.07, 6.45) is -1.04. The highest BCUT2D eigenvalue weighted by atomic mass is 35.5. The van der Waals surface area contributed by atoms with Crippen molar-refractivity contribution in [1.82, 2.24) is 4.98 Å². The first kappa shape index (κ1) is 14.8. The van der Waals surface area contributed by atoms with Gasteiger partial charge in [-0.05, 0) is 31.1 Å². The van der Waals surface area contributed by atoms with Crippen molar-refractivity contribution >= 4 is 11.6 Å². The molecule has 1 aromatic heterocycles. The Morgan fingerprint density at radius 2 is 2.22 bits per heavy atom. The highest BCUT2D eigenvalue weighted by molar-refractivity contribution is 6.31. The van der Waals surface area contributed by atoms with Gasteiger partial charge in [0.2, 0.25) is 5.88 Å². The van der Waals surface area contributed by atoms with Gasteiger partial charge in [-0.3, -0.25) is 0 Å². The van der Waals surface area contributed by atoms with Crippen LogP contribution in [0.5, 0.6) is 5.88 Å². The first-order valence-corrected chi connectivity index (χ1v) is 5.54. The van der Waals surface area contributed by atoms with Gasteiger partial charge in [-0.15, -0.1) is 0 Å². The summed E-state index contributed by atoms with van der Waals surface area (Å²) in [6.45, 7) is 4.95. The van der Waals surface area contributed by atoms with E-state index in [-0.39, 0.29) is 16.5 Å². The Labute approximate surface area is 108 Å². The molecule has 0 aliphatic rings. The van der Waals surface area contributed by atoms with Crippen LogP contribution < -0.4 is 4.74 Å². The zero-order valence-corrected chi connectivity index (χ0v) is 10.8. The van der Waals surface area contributed by atoms with Gasteiger partial charge >= 0.3 is 5.92 Å². The molecule has 0 amide bonds. The maximum Gasteiger partial charge on any atom is 0.315 e. The SMILES string of the molecule is C=C(C)C(F)C(F)(F)COc1ncc(C)cc1Cl. The van der Waals surface area contributed by atoms with E-state index in [4.69, 9.17) is 16.3 Å². The van der Waals surface area contributed by atoms with Gasteiger partial charge in [0.05, 0.1) is 0 Å². The molecule has 0 bridgehead atoms. The van der Waals surface area contributed by atoms with Gasteiger partial charge in [-0.25, -0.2) is 9.37 Å². The first-order valence-electron chi connectivity index (χ1n) is 5.16. The Balaban J connectivity index is 2.72. The zero-order valence-electron chi connectivity index (χ0n) is 10.0. The van der Waals surface area contributed by atoms with E-state index in [1.165, 1.54) is 19.2 Å². The highest BCUT2D eigenvalue weighted by Gasteiger charge is 2.41. The Bertz CT molecular complexity index is 451. The molecule has 1 rings (SSSR count). The van der Waals surface area contributed by atoms with E-state index >= 15 is 0 Å². The van der Waals surface area contributed by atoms with Crippen molar-refractivity contribution < 1.29 is 17.9 Å². The summed E-state index contributed by atoms with van der Waals surface area (Å²) in [6, 6.07) is 1.52. The molecule has 2 nitrogen and oxygen atoms in total. The van der Waals surface area contributed by atoms with Crippen LogP contribution in [-0.2, 0) is 0 Å². The van der Waals surface area contributed by atoms with Crippen molar-refractivity contribution in [3.8, 4) is 5.88 Å². The number of aromatic nitrogens is 1. The predicted molar refractivity (Wildman–Crippen MR) is 64.1 cm³/mol. The van der Waals surface area contributed by atoms with Gasteiger partial charge in [0.25, 0.3) is 0 Å². The molecule has 1 aromatic rings. The topological polar surface area (TPSA) is 22.1 Å². The Kier molecular flexibility index (Phi) is 4.62. The summed E-state index contributed by atoms with van der Waals surface area (Å²) in [5.41, 5.74) is 0.510. The molecule has 1 unspecified atom stereocenters. The molecule has 0 radical (unpaired) electrons. The number of ether oxygens (including phenoxy) is 1. The molecule has 0 aliphatic heterocycles. The summed E-state index contributed by atoms with van der Waals surface area (Å²) < 4.78 is 44.6. The van der Waals surface area contributed by atoms with E-state index < -0.39 is 18.7 Å². The van der Waals surface area contributed by atoms with E-state index in [0.717, 1.165) is 5.56 Å². The number of pyridine rings is 1. The molecule has 0 aromatic carbocycles. The summed E-state index contributed by atoms with van der Waals surface area (Å²) in [5, 5.41) is 0.108. The summed E-state index contributed by atoms with van der Waals surface area (Å²) in [7, 11) is 0. The summed E-state index contributed by atoms with van der Waals surface area (Å²) in [5.74, 6) is -3.81. The Morgan fingerprint density at radius 1 is 1.61 bits per heavy atom. The van der Waals surface area contributed by atoms with E-state index in [0.29, 0.717) is 0 Å². The third kappa shape index (κ3) is 3.63. The second-order valence-electron chi connectivity index (χ2n) is 4.06. The molecule has 0 aliphatic carbocycles. The molecule has 1 atom stereocenters. The van der Waals surface area contributed by atoms with Crippen molar-refractivity contribution in [2.45, 2.75) is 25.9 Å². The van der Waals surface area contributed by atoms with Crippen LogP contribution in [-0.4, -0.2) is 23.7 Å². The molecule has 0 saturated heterocycles. The van der Waals surface area contributed by atoms with Crippen molar-refractivity contribution in [2.24, 2.45) is 0 Å². The zero-order chi connectivity index (χ0) is 13.9. The number of hydrogen-bond donors (Lipinski definition) is 0. The first-order chi connectivity index (χ1) is 8.24. The molecule has 0 N–H and O–H groups in total. The van der Waals surface area contributed by atoms with Crippen LogP contribution in [0.3, 0.4) is 0 Å². The van der Waals surface area contributed by atoms with E-state index in [9.17, 15) is 13.2 Å². The van der Waals surface area contributed by atoms with Crippen LogP contribution in [0.1, 0.15) is 12.5 Å². The van der Waals surface area contributed by atoms with Crippen LogP contribution >= 0.6 is 11.6 Å². The fourth-order valence-corrected chi connectivity index (χ4v) is 1.50. The second-order valence-corrected chi connectivity index (χ2v) is 4.47. The Morgan fingerprint density at radius 3 is 2.72 bits per heavy atom. The van der Waals surface area contributed by atoms with Crippen LogP contribution in [0.25, 0.3) is 0 Å². The van der Waals surface area contributed by atoms with Crippen LogP contribution in [0.2, 0.25) is 5.02 Å². The van der Waals surface area contributed by atoms with Crippen LogP contribution in [0.15, 0.2) is 24.4 Å². The number of aryl methyl sites for hydroxylation is 1.